The highest BCUT2D eigenvalue weighted by Crippen LogP contribution is 2.34. The predicted octanol–water partition coefficient (Wildman–Crippen LogP) is 2.40. The standard InChI is InChI=1S/C11H14ClN3O2/c12-8-2-1-3-10(11(8)15(16)17)14-6-9(13)7-4-5-7/h1-3,7,9,14H,4-6,13H2. The van der Waals surface area contributed by atoms with Crippen molar-refractivity contribution in [3.05, 3.63) is 33.3 Å². The van der Waals surface area contributed by atoms with Gasteiger partial charge in [-0.3, -0.25) is 10.1 Å². The van der Waals surface area contributed by atoms with Crippen molar-refractivity contribution in [2.24, 2.45) is 11.7 Å². The molecule has 1 saturated carbocycles. The largest absolute Gasteiger partial charge is 0.378 e. The lowest BCUT2D eigenvalue weighted by Gasteiger charge is -2.13. The van der Waals surface area contributed by atoms with E-state index >= 15 is 0 Å². The number of nitrogens with zero attached hydrogens (tertiary/aromatic N) is 1. The second kappa shape index (κ2) is 4.89. The van der Waals surface area contributed by atoms with Gasteiger partial charge in [-0.05, 0) is 30.9 Å². The van der Waals surface area contributed by atoms with Crippen LogP contribution in [0.4, 0.5) is 11.4 Å². The van der Waals surface area contributed by atoms with Crippen molar-refractivity contribution < 1.29 is 4.92 Å². The van der Waals surface area contributed by atoms with E-state index in [1.54, 1.807) is 12.1 Å². The maximum Gasteiger partial charge on any atom is 0.310 e. The predicted molar refractivity (Wildman–Crippen MR) is 67.3 cm³/mol. The first-order valence-electron chi connectivity index (χ1n) is 5.52. The molecule has 1 atom stereocenters. The van der Waals surface area contributed by atoms with E-state index in [1.807, 2.05) is 0 Å². The molecule has 0 amide bonds. The number of nitro benzene ring substituents is 1. The van der Waals surface area contributed by atoms with E-state index in [-0.39, 0.29) is 16.8 Å². The highest BCUT2D eigenvalue weighted by atomic mass is 35.5. The summed E-state index contributed by atoms with van der Waals surface area (Å²) in [6.45, 7) is 0.534. The summed E-state index contributed by atoms with van der Waals surface area (Å²) in [6.07, 6.45) is 2.31. The first kappa shape index (κ1) is 12.1. The fourth-order valence-corrected chi connectivity index (χ4v) is 2.01. The van der Waals surface area contributed by atoms with Crippen molar-refractivity contribution in [1.82, 2.24) is 0 Å². The zero-order chi connectivity index (χ0) is 12.4. The topological polar surface area (TPSA) is 81.2 Å². The molecule has 0 bridgehead atoms. The van der Waals surface area contributed by atoms with Crippen LogP contribution in [-0.2, 0) is 0 Å². The Kier molecular flexibility index (Phi) is 3.49. The highest BCUT2D eigenvalue weighted by Gasteiger charge is 2.28. The third kappa shape index (κ3) is 2.87. The summed E-state index contributed by atoms with van der Waals surface area (Å²) in [7, 11) is 0. The summed E-state index contributed by atoms with van der Waals surface area (Å²) in [5, 5.41) is 14.0. The average molecular weight is 256 g/mol. The molecule has 1 aliphatic rings. The summed E-state index contributed by atoms with van der Waals surface area (Å²) in [5.41, 5.74) is 6.27. The van der Waals surface area contributed by atoms with Crippen molar-refractivity contribution in [1.29, 1.82) is 0 Å². The van der Waals surface area contributed by atoms with Crippen molar-refractivity contribution >= 4 is 23.0 Å². The van der Waals surface area contributed by atoms with E-state index in [2.05, 4.69) is 5.32 Å². The van der Waals surface area contributed by atoms with E-state index in [1.165, 1.54) is 6.07 Å². The minimum absolute atomic E-state index is 0.0496. The molecule has 17 heavy (non-hydrogen) atoms. The third-order valence-corrected chi connectivity index (χ3v) is 3.23. The number of hydrogen-bond donors (Lipinski definition) is 2. The van der Waals surface area contributed by atoms with Crippen LogP contribution < -0.4 is 11.1 Å². The Bertz CT molecular complexity index is 435. The third-order valence-electron chi connectivity index (χ3n) is 2.93. The molecule has 1 aliphatic carbocycles. The molecule has 0 aromatic heterocycles. The summed E-state index contributed by atoms with van der Waals surface area (Å²) < 4.78 is 0. The number of halogens is 1. The number of anilines is 1. The van der Waals surface area contributed by atoms with Gasteiger partial charge in [0.15, 0.2) is 0 Å². The molecule has 0 saturated heterocycles. The zero-order valence-electron chi connectivity index (χ0n) is 9.23. The van der Waals surface area contributed by atoms with Gasteiger partial charge in [0.1, 0.15) is 10.7 Å². The van der Waals surface area contributed by atoms with Gasteiger partial charge in [-0.25, -0.2) is 0 Å². The van der Waals surface area contributed by atoms with Gasteiger partial charge in [0.05, 0.1) is 4.92 Å². The molecule has 5 nitrogen and oxygen atoms in total. The van der Waals surface area contributed by atoms with Crippen LogP contribution >= 0.6 is 11.6 Å². The first-order chi connectivity index (χ1) is 8.09. The molecule has 1 unspecified atom stereocenters. The van der Waals surface area contributed by atoms with Gasteiger partial charge in [0, 0.05) is 12.6 Å². The molecule has 0 aliphatic heterocycles. The Labute approximate surface area is 104 Å². The molecule has 3 N–H and O–H groups in total. The molecule has 1 aromatic carbocycles. The molecular weight excluding hydrogens is 242 g/mol. The normalized spacial score (nSPS) is 16.6. The smallest absolute Gasteiger partial charge is 0.310 e. The summed E-state index contributed by atoms with van der Waals surface area (Å²) in [6, 6.07) is 4.88. The number of nitrogens with one attached hydrogen (secondary N) is 1. The molecule has 2 rings (SSSR count). The van der Waals surface area contributed by atoms with E-state index in [0.29, 0.717) is 18.2 Å². The number of hydrogen-bond acceptors (Lipinski definition) is 4. The van der Waals surface area contributed by atoms with Crippen LogP contribution in [0.25, 0.3) is 0 Å². The van der Waals surface area contributed by atoms with Gasteiger partial charge in [-0.15, -0.1) is 0 Å². The van der Waals surface area contributed by atoms with Gasteiger partial charge < -0.3 is 11.1 Å². The minimum Gasteiger partial charge on any atom is -0.378 e. The molecule has 0 radical (unpaired) electrons. The summed E-state index contributed by atoms with van der Waals surface area (Å²) in [5.74, 6) is 0.556. The Hall–Kier alpha value is -1.33. The SMILES string of the molecule is NC(CNc1cccc(Cl)c1[N+](=O)[O-])C1CC1. The van der Waals surface area contributed by atoms with Gasteiger partial charge in [0.2, 0.25) is 0 Å². The van der Waals surface area contributed by atoms with E-state index in [4.69, 9.17) is 17.3 Å². The van der Waals surface area contributed by atoms with Crippen LogP contribution in [0.15, 0.2) is 18.2 Å². The molecule has 1 aromatic rings. The minimum atomic E-state index is -0.479. The quantitative estimate of drug-likeness (QED) is 0.625. The number of benzene rings is 1. The highest BCUT2D eigenvalue weighted by molar-refractivity contribution is 6.33. The first-order valence-corrected chi connectivity index (χ1v) is 5.89. The summed E-state index contributed by atoms with van der Waals surface area (Å²) in [4.78, 5) is 10.4. The molecular formula is C11H14ClN3O2. The lowest BCUT2D eigenvalue weighted by atomic mass is 10.2. The van der Waals surface area contributed by atoms with Gasteiger partial charge in [-0.2, -0.15) is 0 Å². The van der Waals surface area contributed by atoms with Crippen molar-refractivity contribution in [3.63, 3.8) is 0 Å². The van der Waals surface area contributed by atoms with Crippen LogP contribution in [-0.4, -0.2) is 17.5 Å². The number of rotatable bonds is 5. The lowest BCUT2D eigenvalue weighted by molar-refractivity contribution is -0.383. The van der Waals surface area contributed by atoms with Crippen molar-refractivity contribution in [2.75, 3.05) is 11.9 Å². The number of para-hydroxylation sites is 1. The number of nitrogens with two attached hydrogens (primary N) is 1. The maximum atomic E-state index is 10.9. The molecule has 0 heterocycles. The van der Waals surface area contributed by atoms with E-state index in [9.17, 15) is 10.1 Å². The lowest BCUT2D eigenvalue weighted by Crippen LogP contribution is -2.31. The van der Waals surface area contributed by atoms with Crippen LogP contribution in [0.5, 0.6) is 0 Å². The van der Waals surface area contributed by atoms with Crippen LogP contribution in [0.1, 0.15) is 12.8 Å². The van der Waals surface area contributed by atoms with Crippen molar-refractivity contribution in [3.8, 4) is 0 Å². The van der Waals surface area contributed by atoms with E-state index < -0.39 is 4.92 Å². The fraction of sp³-hybridized carbons (Fsp3) is 0.455. The van der Waals surface area contributed by atoms with Crippen LogP contribution in [0, 0.1) is 16.0 Å². The zero-order valence-corrected chi connectivity index (χ0v) is 9.98. The Morgan fingerprint density at radius 1 is 1.59 bits per heavy atom. The van der Waals surface area contributed by atoms with Gasteiger partial charge in [0.25, 0.3) is 0 Å². The van der Waals surface area contributed by atoms with Crippen LogP contribution in [0.2, 0.25) is 5.02 Å². The maximum absolute atomic E-state index is 10.9. The van der Waals surface area contributed by atoms with Gasteiger partial charge in [-0.1, -0.05) is 17.7 Å². The fourth-order valence-electron chi connectivity index (χ4n) is 1.76. The Morgan fingerprint density at radius 2 is 2.29 bits per heavy atom. The molecule has 6 heteroatoms. The van der Waals surface area contributed by atoms with Crippen molar-refractivity contribution in [2.45, 2.75) is 18.9 Å². The van der Waals surface area contributed by atoms with Crippen LogP contribution in [0.3, 0.4) is 0 Å². The molecule has 1 fully saturated rings. The van der Waals surface area contributed by atoms with E-state index in [0.717, 1.165) is 12.8 Å². The average Bonchev–Trinajstić information content (AvgIpc) is 3.08. The van der Waals surface area contributed by atoms with Gasteiger partial charge >= 0.3 is 5.69 Å². The second-order valence-electron chi connectivity index (χ2n) is 4.28. The summed E-state index contributed by atoms with van der Waals surface area (Å²) >= 11 is 5.80. The Morgan fingerprint density at radius 3 is 2.88 bits per heavy atom. The monoisotopic (exact) mass is 255 g/mol. The molecule has 0 spiro atoms. The second-order valence-corrected chi connectivity index (χ2v) is 4.68. The Balaban J connectivity index is 2.08. The molecule has 92 valence electrons. The number of nitro groups is 1.